The van der Waals surface area contributed by atoms with Crippen molar-refractivity contribution in [2.75, 3.05) is 11.9 Å². The molecule has 5 nitrogen and oxygen atoms in total. The van der Waals surface area contributed by atoms with Crippen LogP contribution in [-0.4, -0.2) is 17.7 Å². The van der Waals surface area contributed by atoms with Gasteiger partial charge in [-0.3, -0.25) is 0 Å². The predicted octanol–water partition coefficient (Wildman–Crippen LogP) is 2.73. The van der Waals surface area contributed by atoms with Crippen LogP contribution in [0.25, 0.3) is 0 Å². The Bertz CT molecular complexity index is 719. The summed E-state index contributed by atoms with van der Waals surface area (Å²) in [7, 11) is 0. The van der Waals surface area contributed by atoms with Gasteiger partial charge in [0.05, 0.1) is 18.2 Å². The number of halogens is 1. The Morgan fingerprint density at radius 2 is 1.83 bits per heavy atom. The first-order valence-electron chi connectivity index (χ1n) is 6.94. The number of nitrogens with one attached hydrogen (secondary N) is 2. The first kappa shape index (κ1) is 16.5. The number of nitriles is 1. The normalized spacial score (nSPS) is 12.8. The zero-order valence-corrected chi connectivity index (χ0v) is 12.5. The van der Waals surface area contributed by atoms with Crippen LogP contribution in [0.4, 0.5) is 14.9 Å². The maximum atomic E-state index is 12.9. The van der Waals surface area contributed by atoms with E-state index < -0.39 is 17.4 Å². The fraction of sp³-hybridized carbons (Fsp3) is 0.176. The second-order valence-corrected chi connectivity index (χ2v) is 5.28. The van der Waals surface area contributed by atoms with Gasteiger partial charge in [-0.1, -0.05) is 12.1 Å². The van der Waals surface area contributed by atoms with E-state index in [1.54, 1.807) is 24.3 Å². The van der Waals surface area contributed by atoms with Gasteiger partial charge < -0.3 is 15.7 Å². The second kappa shape index (κ2) is 6.90. The molecule has 0 saturated heterocycles. The Balaban J connectivity index is 1.92. The summed E-state index contributed by atoms with van der Waals surface area (Å²) in [5, 5.41) is 24.2. The van der Waals surface area contributed by atoms with E-state index in [0.29, 0.717) is 16.8 Å². The summed E-state index contributed by atoms with van der Waals surface area (Å²) < 4.78 is 12.9. The highest BCUT2D eigenvalue weighted by Crippen LogP contribution is 2.20. The summed E-state index contributed by atoms with van der Waals surface area (Å²) in [4.78, 5) is 11.8. The van der Waals surface area contributed by atoms with Crippen LogP contribution in [0.2, 0.25) is 0 Å². The van der Waals surface area contributed by atoms with E-state index in [-0.39, 0.29) is 6.54 Å². The van der Waals surface area contributed by atoms with Crippen LogP contribution in [0.5, 0.6) is 0 Å². The SMILES string of the molecule is CC(O)(CNC(=O)Nc1ccc(C#N)cc1)c1ccc(F)cc1. The van der Waals surface area contributed by atoms with Crippen molar-refractivity contribution in [2.45, 2.75) is 12.5 Å². The van der Waals surface area contributed by atoms with Crippen LogP contribution < -0.4 is 10.6 Å². The van der Waals surface area contributed by atoms with Gasteiger partial charge in [0.2, 0.25) is 0 Å². The smallest absolute Gasteiger partial charge is 0.319 e. The van der Waals surface area contributed by atoms with Crippen LogP contribution in [-0.2, 0) is 5.60 Å². The van der Waals surface area contributed by atoms with E-state index >= 15 is 0 Å². The minimum atomic E-state index is -1.32. The molecule has 118 valence electrons. The van der Waals surface area contributed by atoms with Crippen LogP contribution in [0.1, 0.15) is 18.1 Å². The number of anilines is 1. The number of carbonyl (C=O) groups excluding carboxylic acids is 1. The summed E-state index contributed by atoms with van der Waals surface area (Å²) in [6, 6.07) is 13.3. The zero-order valence-electron chi connectivity index (χ0n) is 12.5. The Hall–Kier alpha value is -2.91. The summed E-state index contributed by atoms with van der Waals surface area (Å²) in [6.07, 6.45) is 0. The number of urea groups is 1. The molecule has 0 aromatic heterocycles. The van der Waals surface area contributed by atoms with Gasteiger partial charge in [0.25, 0.3) is 0 Å². The maximum absolute atomic E-state index is 12.9. The third-order valence-corrected chi connectivity index (χ3v) is 3.33. The molecule has 0 saturated carbocycles. The molecule has 0 aliphatic carbocycles. The topological polar surface area (TPSA) is 85.2 Å². The van der Waals surface area contributed by atoms with Crippen molar-refractivity contribution < 1.29 is 14.3 Å². The van der Waals surface area contributed by atoms with Gasteiger partial charge in [-0.2, -0.15) is 5.26 Å². The number of aliphatic hydroxyl groups is 1. The molecule has 0 fully saturated rings. The molecule has 1 atom stereocenters. The van der Waals surface area contributed by atoms with Crippen molar-refractivity contribution >= 4 is 11.7 Å². The molecule has 23 heavy (non-hydrogen) atoms. The van der Waals surface area contributed by atoms with Gasteiger partial charge in [0.1, 0.15) is 11.4 Å². The molecule has 3 N–H and O–H groups in total. The van der Waals surface area contributed by atoms with E-state index in [2.05, 4.69) is 10.6 Å². The van der Waals surface area contributed by atoms with E-state index in [9.17, 15) is 14.3 Å². The van der Waals surface area contributed by atoms with Crippen molar-refractivity contribution in [3.63, 3.8) is 0 Å². The lowest BCUT2D eigenvalue weighted by Gasteiger charge is -2.24. The first-order valence-corrected chi connectivity index (χ1v) is 6.94. The number of nitrogens with zero attached hydrogens (tertiary/aromatic N) is 1. The van der Waals surface area contributed by atoms with Gasteiger partial charge in [-0.25, -0.2) is 9.18 Å². The van der Waals surface area contributed by atoms with Gasteiger partial charge in [0.15, 0.2) is 0 Å². The molecule has 2 aromatic carbocycles. The van der Waals surface area contributed by atoms with Gasteiger partial charge in [-0.15, -0.1) is 0 Å². The van der Waals surface area contributed by atoms with Crippen LogP contribution in [0.3, 0.4) is 0 Å². The summed E-state index contributed by atoms with van der Waals surface area (Å²) in [5.41, 5.74) is 0.200. The highest BCUT2D eigenvalue weighted by atomic mass is 19.1. The lowest BCUT2D eigenvalue weighted by atomic mass is 9.96. The molecule has 0 spiro atoms. The standard InChI is InChI=1S/C17H16FN3O2/c1-17(23,13-4-6-14(18)7-5-13)11-20-16(22)21-15-8-2-12(10-19)3-9-15/h2-9,23H,11H2,1H3,(H2,20,21,22). The molecule has 2 aromatic rings. The number of hydrogen-bond acceptors (Lipinski definition) is 3. The summed E-state index contributed by atoms with van der Waals surface area (Å²) in [6.45, 7) is 1.49. The molecule has 0 radical (unpaired) electrons. The molecular formula is C17H16FN3O2. The molecular weight excluding hydrogens is 297 g/mol. The lowest BCUT2D eigenvalue weighted by Crippen LogP contribution is -2.40. The fourth-order valence-corrected chi connectivity index (χ4v) is 1.97. The lowest BCUT2D eigenvalue weighted by molar-refractivity contribution is 0.0599. The van der Waals surface area contributed by atoms with E-state index in [1.165, 1.54) is 31.2 Å². The van der Waals surface area contributed by atoms with Crippen molar-refractivity contribution in [1.82, 2.24) is 5.32 Å². The monoisotopic (exact) mass is 313 g/mol. The van der Waals surface area contributed by atoms with Crippen molar-refractivity contribution in [3.8, 4) is 6.07 Å². The predicted molar refractivity (Wildman–Crippen MR) is 84.1 cm³/mol. The Morgan fingerprint density at radius 1 is 1.22 bits per heavy atom. The number of carbonyl (C=O) groups is 1. The third kappa shape index (κ3) is 4.53. The highest BCUT2D eigenvalue weighted by Gasteiger charge is 2.23. The Kier molecular flexibility index (Phi) is 4.94. The first-order chi connectivity index (χ1) is 10.9. The largest absolute Gasteiger partial charge is 0.384 e. The molecule has 2 amide bonds. The minimum absolute atomic E-state index is 0.0409. The minimum Gasteiger partial charge on any atom is -0.384 e. The van der Waals surface area contributed by atoms with Crippen molar-refractivity contribution in [3.05, 3.63) is 65.5 Å². The number of hydrogen-bond donors (Lipinski definition) is 3. The Labute approximate surface area is 133 Å². The molecule has 0 aliphatic rings. The highest BCUT2D eigenvalue weighted by molar-refractivity contribution is 5.89. The quantitative estimate of drug-likeness (QED) is 0.811. The average molecular weight is 313 g/mol. The Morgan fingerprint density at radius 3 is 2.39 bits per heavy atom. The number of rotatable bonds is 4. The fourth-order valence-electron chi connectivity index (χ4n) is 1.97. The van der Waals surface area contributed by atoms with E-state index in [1.807, 2.05) is 6.07 Å². The zero-order chi connectivity index (χ0) is 16.9. The molecule has 6 heteroatoms. The van der Waals surface area contributed by atoms with Gasteiger partial charge in [-0.05, 0) is 48.9 Å². The molecule has 1 unspecified atom stereocenters. The van der Waals surface area contributed by atoms with Crippen LogP contribution in [0.15, 0.2) is 48.5 Å². The average Bonchev–Trinajstić information content (AvgIpc) is 2.54. The molecule has 0 heterocycles. The van der Waals surface area contributed by atoms with E-state index in [0.717, 1.165) is 0 Å². The van der Waals surface area contributed by atoms with E-state index in [4.69, 9.17) is 5.26 Å². The van der Waals surface area contributed by atoms with Crippen molar-refractivity contribution in [2.24, 2.45) is 0 Å². The van der Waals surface area contributed by atoms with Gasteiger partial charge >= 0.3 is 6.03 Å². The van der Waals surface area contributed by atoms with Crippen molar-refractivity contribution in [1.29, 1.82) is 5.26 Å². The molecule has 2 rings (SSSR count). The number of amides is 2. The van der Waals surface area contributed by atoms with Gasteiger partial charge in [0, 0.05) is 5.69 Å². The van der Waals surface area contributed by atoms with Crippen LogP contribution in [0, 0.1) is 17.1 Å². The summed E-state index contributed by atoms with van der Waals surface area (Å²) >= 11 is 0. The molecule has 0 aliphatic heterocycles. The maximum Gasteiger partial charge on any atom is 0.319 e. The third-order valence-electron chi connectivity index (χ3n) is 3.33. The summed E-state index contributed by atoms with van der Waals surface area (Å²) in [5.74, 6) is -0.393. The second-order valence-electron chi connectivity index (χ2n) is 5.28. The molecule has 0 bridgehead atoms. The van der Waals surface area contributed by atoms with Crippen LogP contribution >= 0.6 is 0 Å². The number of benzene rings is 2.